The predicted molar refractivity (Wildman–Crippen MR) is 102 cm³/mol. The molecule has 0 saturated heterocycles. The van der Waals surface area contributed by atoms with Gasteiger partial charge in [-0.1, -0.05) is 0 Å². The monoisotopic (exact) mass is 385 g/mol. The van der Waals surface area contributed by atoms with Crippen LogP contribution < -0.4 is 14.9 Å². The van der Waals surface area contributed by atoms with E-state index in [9.17, 15) is 14.2 Å². The fourth-order valence-electron chi connectivity index (χ4n) is 2.13. The minimum atomic E-state index is -2.51. The van der Waals surface area contributed by atoms with Crippen molar-refractivity contribution in [3.63, 3.8) is 0 Å². The molecule has 1 aromatic rings. The lowest BCUT2D eigenvalue weighted by Crippen LogP contribution is -2.40. The summed E-state index contributed by atoms with van der Waals surface area (Å²) in [5.74, 6) is -0.247. The van der Waals surface area contributed by atoms with Gasteiger partial charge in [-0.15, -0.1) is 0 Å². The largest absolute Gasteiger partial charge is 0.495 e. The van der Waals surface area contributed by atoms with Crippen LogP contribution in [-0.4, -0.2) is 51.3 Å². The van der Waals surface area contributed by atoms with Crippen LogP contribution in [0.5, 0.6) is 5.75 Å². The summed E-state index contributed by atoms with van der Waals surface area (Å²) in [6.07, 6.45) is -0.701. The van der Waals surface area contributed by atoms with Crippen molar-refractivity contribution in [3.05, 3.63) is 18.2 Å². The maximum Gasteiger partial charge on any atom is 0.415 e. The zero-order valence-corrected chi connectivity index (χ0v) is 17.4. The van der Waals surface area contributed by atoms with E-state index < -0.39 is 24.8 Å². The van der Waals surface area contributed by atoms with Crippen LogP contribution >= 0.6 is 7.14 Å². The highest BCUT2D eigenvalue weighted by Crippen LogP contribution is 2.38. The Morgan fingerprint density at radius 3 is 2.27 bits per heavy atom. The summed E-state index contributed by atoms with van der Waals surface area (Å²) in [4.78, 5) is 25.8. The SMILES string of the molecule is CCOC(=O)CN(C(=O)OC(C)(C)C)c1ccc(P(C)(C)=O)cc1OC. The molecule has 0 heterocycles. The smallest absolute Gasteiger partial charge is 0.415 e. The van der Waals surface area contributed by atoms with Crippen molar-refractivity contribution in [2.24, 2.45) is 0 Å². The molecular formula is C18H28NO6P. The third-order valence-electron chi connectivity index (χ3n) is 3.28. The van der Waals surface area contributed by atoms with E-state index in [1.165, 1.54) is 7.11 Å². The van der Waals surface area contributed by atoms with Gasteiger partial charge in [0.2, 0.25) is 0 Å². The van der Waals surface area contributed by atoms with Crippen molar-refractivity contribution >= 4 is 30.2 Å². The Morgan fingerprint density at radius 1 is 1.19 bits per heavy atom. The lowest BCUT2D eigenvalue weighted by molar-refractivity contribution is -0.141. The average molecular weight is 385 g/mol. The van der Waals surface area contributed by atoms with Gasteiger partial charge in [0.15, 0.2) is 0 Å². The van der Waals surface area contributed by atoms with Crippen molar-refractivity contribution in [2.75, 3.05) is 38.5 Å². The van der Waals surface area contributed by atoms with E-state index in [0.717, 1.165) is 4.90 Å². The van der Waals surface area contributed by atoms with Crippen molar-refractivity contribution in [2.45, 2.75) is 33.3 Å². The van der Waals surface area contributed by atoms with Gasteiger partial charge in [0.05, 0.1) is 19.4 Å². The lowest BCUT2D eigenvalue weighted by atomic mass is 10.2. The fraction of sp³-hybridized carbons (Fsp3) is 0.556. The molecule has 0 saturated carbocycles. The molecule has 8 heteroatoms. The first-order valence-corrected chi connectivity index (χ1v) is 10.9. The molecule has 0 N–H and O–H groups in total. The highest BCUT2D eigenvalue weighted by Gasteiger charge is 2.28. The summed E-state index contributed by atoms with van der Waals surface area (Å²) in [7, 11) is -1.07. The topological polar surface area (TPSA) is 82.1 Å². The van der Waals surface area contributed by atoms with Gasteiger partial charge in [0, 0.05) is 5.30 Å². The average Bonchev–Trinajstić information content (AvgIpc) is 2.49. The molecule has 0 atom stereocenters. The van der Waals surface area contributed by atoms with Crippen LogP contribution in [0, 0.1) is 0 Å². The zero-order chi connectivity index (χ0) is 20.1. The Hall–Kier alpha value is -2.01. The third-order valence-corrected chi connectivity index (χ3v) is 4.80. The van der Waals surface area contributed by atoms with Gasteiger partial charge in [-0.2, -0.15) is 0 Å². The van der Waals surface area contributed by atoms with Gasteiger partial charge in [-0.3, -0.25) is 9.69 Å². The number of hydrogen-bond donors (Lipinski definition) is 0. The molecule has 0 aliphatic heterocycles. The summed E-state index contributed by atoms with van der Waals surface area (Å²) >= 11 is 0. The molecule has 1 rings (SSSR count). The summed E-state index contributed by atoms with van der Waals surface area (Å²) < 4.78 is 28.0. The van der Waals surface area contributed by atoms with Gasteiger partial charge in [0.25, 0.3) is 0 Å². The van der Waals surface area contributed by atoms with Crippen LogP contribution in [0.4, 0.5) is 10.5 Å². The molecule has 7 nitrogen and oxygen atoms in total. The molecule has 0 radical (unpaired) electrons. The quantitative estimate of drug-likeness (QED) is 0.552. The molecule has 0 fully saturated rings. The van der Waals surface area contributed by atoms with E-state index in [4.69, 9.17) is 14.2 Å². The number of amides is 1. The molecule has 0 unspecified atom stereocenters. The van der Waals surface area contributed by atoms with Gasteiger partial charge in [-0.05, 0) is 59.2 Å². The first-order chi connectivity index (χ1) is 11.9. The number of nitrogens with zero attached hydrogens (tertiary/aromatic N) is 1. The zero-order valence-electron chi connectivity index (χ0n) is 16.5. The molecule has 0 bridgehead atoms. The first-order valence-electron chi connectivity index (χ1n) is 8.28. The molecule has 0 aliphatic rings. The van der Waals surface area contributed by atoms with E-state index in [0.29, 0.717) is 16.7 Å². The molecule has 0 aliphatic carbocycles. The van der Waals surface area contributed by atoms with Crippen LogP contribution in [0.25, 0.3) is 0 Å². The Kier molecular flexibility index (Phi) is 7.27. The van der Waals surface area contributed by atoms with E-state index >= 15 is 0 Å². The maximum absolute atomic E-state index is 12.6. The highest BCUT2D eigenvalue weighted by molar-refractivity contribution is 7.70. The molecule has 1 aromatic carbocycles. The minimum absolute atomic E-state index is 0.200. The normalized spacial score (nSPS) is 11.7. The second-order valence-electron chi connectivity index (χ2n) is 7.08. The van der Waals surface area contributed by atoms with Crippen LogP contribution in [0.2, 0.25) is 0 Å². The standard InChI is InChI=1S/C18H28NO6P/c1-8-24-16(20)12-19(17(21)25-18(2,3)4)14-10-9-13(26(6,7)22)11-15(14)23-5/h9-11H,8,12H2,1-7H3. The van der Waals surface area contributed by atoms with Gasteiger partial charge >= 0.3 is 12.1 Å². The van der Waals surface area contributed by atoms with Crippen molar-refractivity contribution in [1.82, 2.24) is 0 Å². The Balaban J connectivity index is 3.34. The van der Waals surface area contributed by atoms with E-state index in [1.54, 1.807) is 59.2 Å². The number of ether oxygens (including phenoxy) is 3. The first kappa shape index (κ1) is 22.0. The second-order valence-corrected chi connectivity index (χ2v) is 10.3. The molecule has 1 amide bonds. The third kappa shape index (κ3) is 6.37. The van der Waals surface area contributed by atoms with E-state index in [2.05, 4.69) is 0 Å². The van der Waals surface area contributed by atoms with Gasteiger partial charge in [-0.25, -0.2) is 4.79 Å². The maximum atomic E-state index is 12.6. The van der Waals surface area contributed by atoms with Crippen LogP contribution in [0.3, 0.4) is 0 Å². The molecule has 0 aromatic heterocycles. The lowest BCUT2D eigenvalue weighted by Gasteiger charge is -2.28. The Bertz CT molecular complexity index is 704. The summed E-state index contributed by atoms with van der Waals surface area (Å²) in [5.41, 5.74) is -0.397. The number of carbonyl (C=O) groups is 2. The predicted octanol–water partition coefficient (Wildman–Crippen LogP) is 3.25. The van der Waals surface area contributed by atoms with E-state index in [-0.39, 0.29) is 13.2 Å². The van der Waals surface area contributed by atoms with Gasteiger partial charge in [0.1, 0.15) is 25.0 Å². The van der Waals surface area contributed by atoms with Crippen molar-refractivity contribution < 1.29 is 28.4 Å². The molecule has 0 spiro atoms. The molecular weight excluding hydrogens is 357 g/mol. The Morgan fingerprint density at radius 2 is 1.81 bits per heavy atom. The highest BCUT2D eigenvalue weighted by atomic mass is 31.2. The number of methoxy groups -OCH3 is 1. The van der Waals surface area contributed by atoms with Crippen LogP contribution in [-0.2, 0) is 18.8 Å². The fourth-order valence-corrected chi connectivity index (χ4v) is 2.99. The summed E-state index contributed by atoms with van der Waals surface area (Å²) in [5, 5.41) is 0.610. The minimum Gasteiger partial charge on any atom is -0.495 e. The second kappa shape index (κ2) is 8.58. The Labute approximate surface area is 155 Å². The van der Waals surface area contributed by atoms with Gasteiger partial charge < -0.3 is 18.8 Å². The molecule has 26 heavy (non-hydrogen) atoms. The van der Waals surface area contributed by atoms with E-state index in [1.807, 2.05) is 0 Å². The molecule has 146 valence electrons. The van der Waals surface area contributed by atoms with Crippen LogP contribution in [0.15, 0.2) is 18.2 Å². The summed E-state index contributed by atoms with van der Waals surface area (Å²) in [6.45, 7) is 10.1. The number of carbonyl (C=O) groups excluding carboxylic acids is 2. The number of rotatable bonds is 6. The number of anilines is 1. The number of hydrogen-bond acceptors (Lipinski definition) is 6. The number of esters is 1. The van der Waals surface area contributed by atoms with Crippen molar-refractivity contribution in [1.29, 1.82) is 0 Å². The summed E-state index contributed by atoms with van der Waals surface area (Å²) in [6, 6.07) is 4.86. The number of benzene rings is 1. The van der Waals surface area contributed by atoms with Crippen molar-refractivity contribution in [3.8, 4) is 5.75 Å². The van der Waals surface area contributed by atoms with Crippen LogP contribution in [0.1, 0.15) is 27.7 Å².